The zero-order valence-electron chi connectivity index (χ0n) is 12.0. The monoisotopic (exact) mass is 264 g/mol. The van der Waals surface area contributed by atoms with Crippen molar-refractivity contribution in [3.63, 3.8) is 0 Å². The fourth-order valence-corrected chi connectivity index (χ4v) is 2.85. The summed E-state index contributed by atoms with van der Waals surface area (Å²) >= 11 is 0. The molecule has 1 aliphatic heterocycles. The molecule has 0 saturated carbocycles. The second-order valence-electron chi connectivity index (χ2n) is 5.61. The van der Waals surface area contributed by atoms with E-state index in [4.69, 9.17) is 0 Å². The summed E-state index contributed by atoms with van der Waals surface area (Å²) in [6.45, 7) is 8.02. The lowest BCUT2D eigenvalue weighted by Gasteiger charge is -2.33. The van der Waals surface area contributed by atoms with Crippen LogP contribution in [0.25, 0.3) is 0 Å². The molecule has 1 aliphatic rings. The number of hydrogen-bond acceptors (Lipinski definition) is 2. The Bertz CT molecular complexity index is 369. The molecule has 0 aromatic heterocycles. The Labute approximate surface area is 116 Å². The average molecular weight is 264 g/mol. The minimum absolute atomic E-state index is 0.156. The van der Waals surface area contributed by atoms with Gasteiger partial charge in [-0.2, -0.15) is 0 Å². The van der Waals surface area contributed by atoms with Crippen molar-refractivity contribution in [1.29, 1.82) is 0 Å². The topological polar surface area (TPSA) is 15.3 Å². The van der Waals surface area contributed by atoms with E-state index in [9.17, 15) is 4.39 Å². The molecule has 0 amide bonds. The van der Waals surface area contributed by atoms with Gasteiger partial charge < -0.3 is 10.2 Å². The van der Waals surface area contributed by atoms with Crippen LogP contribution in [0.2, 0.25) is 0 Å². The molecule has 1 heterocycles. The zero-order chi connectivity index (χ0) is 13.7. The number of nitrogens with one attached hydrogen (secondary N) is 1. The number of halogens is 1. The van der Waals surface area contributed by atoms with Crippen molar-refractivity contribution in [2.45, 2.75) is 45.2 Å². The van der Waals surface area contributed by atoms with E-state index in [0.717, 1.165) is 13.0 Å². The summed E-state index contributed by atoms with van der Waals surface area (Å²) in [5.74, 6) is -0.156. The molecule has 1 N–H and O–H groups in total. The van der Waals surface area contributed by atoms with Crippen LogP contribution in [0.1, 0.15) is 32.3 Å². The first-order chi connectivity index (χ1) is 9.17. The van der Waals surface area contributed by atoms with Gasteiger partial charge in [0.2, 0.25) is 0 Å². The van der Waals surface area contributed by atoms with Gasteiger partial charge in [-0.3, -0.25) is 0 Å². The lowest BCUT2D eigenvalue weighted by Crippen LogP contribution is -2.45. The first-order valence-electron chi connectivity index (χ1n) is 7.40. The minimum atomic E-state index is -0.156. The van der Waals surface area contributed by atoms with Gasteiger partial charge in [-0.25, -0.2) is 4.39 Å². The summed E-state index contributed by atoms with van der Waals surface area (Å²) in [5, 5.41) is 3.71. The molecule has 0 aliphatic carbocycles. The molecule has 3 heteroatoms. The second-order valence-corrected chi connectivity index (χ2v) is 5.61. The van der Waals surface area contributed by atoms with Gasteiger partial charge in [-0.15, -0.1) is 0 Å². The van der Waals surface area contributed by atoms with Crippen LogP contribution >= 0.6 is 0 Å². The van der Waals surface area contributed by atoms with Crippen LogP contribution < -0.4 is 5.32 Å². The molecular formula is C16H25FN2. The third kappa shape index (κ3) is 4.59. The number of rotatable bonds is 5. The molecule has 0 radical (unpaired) electrons. The Kier molecular flexibility index (Phi) is 5.34. The van der Waals surface area contributed by atoms with Crippen molar-refractivity contribution in [2.24, 2.45) is 0 Å². The first-order valence-corrected chi connectivity index (χ1v) is 7.40. The van der Waals surface area contributed by atoms with Crippen molar-refractivity contribution in [3.05, 3.63) is 35.6 Å². The third-order valence-electron chi connectivity index (χ3n) is 4.01. The molecular weight excluding hydrogens is 239 g/mol. The Balaban J connectivity index is 1.75. The lowest BCUT2D eigenvalue weighted by molar-refractivity contribution is 0.200. The minimum Gasteiger partial charge on any atom is -0.311 e. The maximum absolute atomic E-state index is 12.8. The maximum atomic E-state index is 12.8. The summed E-state index contributed by atoms with van der Waals surface area (Å²) < 4.78 is 12.8. The van der Waals surface area contributed by atoms with Crippen LogP contribution in [0.4, 0.5) is 4.39 Å². The fraction of sp³-hybridized carbons (Fsp3) is 0.625. The van der Waals surface area contributed by atoms with Gasteiger partial charge in [0.15, 0.2) is 0 Å². The highest BCUT2D eigenvalue weighted by Crippen LogP contribution is 2.12. The second kappa shape index (κ2) is 7.01. The molecule has 1 atom stereocenters. The average Bonchev–Trinajstić information content (AvgIpc) is 2.42. The number of likely N-dealkylation sites (tertiary alicyclic amines) is 1. The molecule has 2 nitrogen and oxygen atoms in total. The highest BCUT2D eigenvalue weighted by molar-refractivity contribution is 5.17. The quantitative estimate of drug-likeness (QED) is 0.880. The number of nitrogens with zero attached hydrogens (tertiary/aromatic N) is 1. The van der Waals surface area contributed by atoms with Crippen LogP contribution in [0.3, 0.4) is 0 Å². The van der Waals surface area contributed by atoms with E-state index < -0.39 is 0 Å². The summed E-state index contributed by atoms with van der Waals surface area (Å²) in [6, 6.07) is 7.94. The highest BCUT2D eigenvalue weighted by atomic mass is 19.1. The summed E-state index contributed by atoms with van der Waals surface area (Å²) in [5.41, 5.74) is 1.20. The van der Waals surface area contributed by atoms with Gasteiger partial charge in [-0.1, -0.05) is 19.1 Å². The molecule has 19 heavy (non-hydrogen) atoms. The van der Waals surface area contributed by atoms with Gasteiger partial charge >= 0.3 is 0 Å². The van der Waals surface area contributed by atoms with Crippen LogP contribution in [0.5, 0.6) is 0 Å². The highest BCUT2D eigenvalue weighted by Gasteiger charge is 2.19. The van der Waals surface area contributed by atoms with Gasteiger partial charge in [0.05, 0.1) is 0 Å². The molecule has 2 rings (SSSR count). The van der Waals surface area contributed by atoms with Crippen molar-refractivity contribution in [3.8, 4) is 0 Å². The van der Waals surface area contributed by atoms with Crippen molar-refractivity contribution in [2.75, 3.05) is 19.6 Å². The Morgan fingerprint density at radius 1 is 1.26 bits per heavy atom. The van der Waals surface area contributed by atoms with Gasteiger partial charge in [0, 0.05) is 12.1 Å². The molecule has 1 aromatic rings. The van der Waals surface area contributed by atoms with Crippen LogP contribution in [0, 0.1) is 5.82 Å². The van der Waals surface area contributed by atoms with Gasteiger partial charge in [0.1, 0.15) is 5.82 Å². The van der Waals surface area contributed by atoms with E-state index in [-0.39, 0.29) is 5.82 Å². The van der Waals surface area contributed by atoms with E-state index in [1.54, 1.807) is 12.1 Å². The SMILES string of the molecule is CCN1CCC(NC(C)Cc2ccc(F)cc2)CC1. The van der Waals surface area contributed by atoms with E-state index in [1.165, 1.54) is 31.5 Å². The molecule has 1 saturated heterocycles. The smallest absolute Gasteiger partial charge is 0.123 e. The van der Waals surface area contributed by atoms with Gasteiger partial charge in [0.25, 0.3) is 0 Å². The van der Waals surface area contributed by atoms with Gasteiger partial charge in [-0.05, 0) is 63.5 Å². The molecule has 1 aromatic carbocycles. The molecule has 0 bridgehead atoms. The Morgan fingerprint density at radius 2 is 1.89 bits per heavy atom. The van der Waals surface area contributed by atoms with E-state index in [2.05, 4.69) is 24.1 Å². The van der Waals surface area contributed by atoms with E-state index in [1.807, 2.05) is 12.1 Å². The van der Waals surface area contributed by atoms with Crippen molar-refractivity contribution < 1.29 is 4.39 Å². The lowest BCUT2D eigenvalue weighted by atomic mass is 10.0. The van der Waals surface area contributed by atoms with Crippen molar-refractivity contribution in [1.82, 2.24) is 10.2 Å². The molecule has 1 unspecified atom stereocenters. The fourth-order valence-electron chi connectivity index (χ4n) is 2.85. The number of benzene rings is 1. The van der Waals surface area contributed by atoms with Crippen LogP contribution in [0.15, 0.2) is 24.3 Å². The largest absolute Gasteiger partial charge is 0.311 e. The first kappa shape index (κ1) is 14.5. The third-order valence-corrected chi connectivity index (χ3v) is 4.01. The summed E-state index contributed by atoms with van der Waals surface area (Å²) in [6.07, 6.45) is 3.44. The standard InChI is InChI=1S/C16H25FN2/c1-3-19-10-8-16(9-11-19)18-13(2)12-14-4-6-15(17)7-5-14/h4-7,13,16,18H,3,8-12H2,1-2H3. The number of hydrogen-bond donors (Lipinski definition) is 1. The Hall–Kier alpha value is -0.930. The predicted molar refractivity (Wildman–Crippen MR) is 77.8 cm³/mol. The van der Waals surface area contributed by atoms with E-state index in [0.29, 0.717) is 12.1 Å². The van der Waals surface area contributed by atoms with Crippen LogP contribution in [-0.4, -0.2) is 36.6 Å². The Morgan fingerprint density at radius 3 is 2.47 bits per heavy atom. The molecule has 106 valence electrons. The predicted octanol–water partition coefficient (Wildman–Crippen LogP) is 2.83. The molecule has 0 spiro atoms. The summed E-state index contributed by atoms with van der Waals surface area (Å²) in [7, 11) is 0. The maximum Gasteiger partial charge on any atom is 0.123 e. The zero-order valence-corrected chi connectivity index (χ0v) is 12.0. The molecule has 1 fully saturated rings. The van der Waals surface area contributed by atoms with E-state index >= 15 is 0 Å². The van der Waals surface area contributed by atoms with Crippen molar-refractivity contribution >= 4 is 0 Å². The normalized spacial score (nSPS) is 19.5. The summed E-state index contributed by atoms with van der Waals surface area (Å²) in [4.78, 5) is 2.50. The van der Waals surface area contributed by atoms with Crippen LogP contribution in [-0.2, 0) is 6.42 Å². The number of piperidine rings is 1.